The second-order valence-electron chi connectivity index (χ2n) is 3.96. The molecule has 0 unspecified atom stereocenters. The number of aryl methyl sites for hydroxylation is 1. The monoisotopic (exact) mass is 191 g/mol. The van der Waals surface area contributed by atoms with Crippen LogP contribution in [-0.4, -0.2) is 13.2 Å². The number of anilines is 1. The highest BCUT2D eigenvalue weighted by molar-refractivity contribution is 5.52. The first kappa shape index (κ1) is 9.38. The van der Waals surface area contributed by atoms with Crippen LogP contribution in [0.4, 0.5) is 5.69 Å². The quantitative estimate of drug-likeness (QED) is 0.793. The summed E-state index contributed by atoms with van der Waals surface area (Å²) in [6, 6.07) is 6.98. The summed E-state index contributed by atoms with van der Waals surface area (Å²) in [5.41, 5.74) is 2.36. The number of hydrogen-bond acceptors (Lipinski definition) is 2. The number of rotatable bonds is 3. The molecule has 0 heterocycles. The third kappa shape index (κ3) is 1.84. The van der Waals surface area contributed by atoms with E-state index in [1.165, 1.54) is 30.5 Å². The van der Waals surface area contributed by atoms with Gasteiger partial charge in [0.15, 0.2) is 0 Å². The second kappa shape index (κ2) is 3.91. The number of methoxy groups -OCH3 is 1. The van der Waals surface area contributed by atoms with Gasteiger partial charge in [0, 0.05) is 17.8 Å². The molecule has 1 saturated carbocycles. The highest BCUT2D eigenvalue weighted by Crippen LogP contribution is 2.27. The van der Waals surface area contributed by atoms with E-state index in [1.54, 1.807) is 7.11 Å². The van der Waals surface area contributed by atoms with E-state index in [1.807, 2.05) is 0 Å². The Morgan fingerprint density at radius 1 is 1.36 bits per heavy atom. The summed E-state index contributed by atoms with van der Waals surface area (Å²) in [5, 5.41) is 3.50. The fourth-order valence-corrected chi connectivity index (χ4v) is 1.70. The second-order valence-corrected chi connectivity index (χ2v) is 3.96. The van der Waals surface area contributed by atoms with Crippen molar-refractivity contribution in [1.29, 1.82) is 0 Å². The van der Waals surface area contributed by atoms with E-state index in [2.05, 4.69) is 30.4 Å². The minimum absolute atomic E-state index is 0.683. The van der Waals surface area contributed by atoms with Crippen molar-refractivity contribution in [3.8, 4) is 5.75 Å². The van der Waals surface area contributed by atoms with Crippen molar-refractivity contribution in [2.24, 2.45) is 0 Å². The summed E-state index contributed by atoms with van der Waals surface area (Å²) in [6.45, 7) is 2.06. The van der Waals surface area contributed by atoms with Crippen LogP contribution < -0.4 is 10.1 Å². The average molecular weight is 191 g/mol. The molecule has 0 bridgehead atoms. The van der Waals surface area contributed by atoms with Gasteiger partial charge in [0.2, 0.25) is 0 Å². The van der Waals surface area contributed by atoms with Gasteiger partial charge in [0.1, 0.15) is 5.75 Å². The van der Waals surface area contributed by atoms with Crippen LogP contribution in [-0.2, 0) is 0 Å². The van der Waals surface area contributed by atoms with Crippen LogP contribution in [0.15, 0.2) is 18.2 Å². The lowest BCUT2D eigenvalue weighted by molar-refractivity contribution is 0.411. The van der Waals surface area contributed by atoms with Crippen molar-refractivity contribution in [3.05, 3.63) is 23.8 Å². The van der Waals surface area contributed by atoms with Gasteiger partial charge in [-0.05, 0) is 37.8 Å². The first-order chi connectivity index (χ1) is 6.79. The molecule has 1 fully saturated rings. The molecule has 0 spiro atoms. The molecule has 2 rings (SSSR count). The lowest BCUT2D eigenvalue weighted by Gasteiger charge is -2.27. The number of nitrogens with one attached hydrogen (secondary N) is 1. The summed E-state index contributed by atoms with van der Waals surface area (Å²) < 4.78 is 5.28. The van der Waals surface area contributed by atoms with Crippen molar-refractivity contribution >= 4 is 5.69 Å². The fourth-order valence-electron chi connectivity index (χ4n) is 1.70. The number of benzene rings is 1. The van der Waals surface area contributed by atoms with Crippen molar-refractivity contribution in [3.63, 3.8) is 0 Å². The number of ether oxygens (including phenoxy) is 1. The largest absolute Gasteiger partial charge is 0.496 e. The SMILES string of the molecule is COc1cc(NC2CCC2)ccc1C. The van der Waals surface area contributed by atoms with Gasteiger partial charge in [-0.2, -0.15) is 0 Å². The zero-order valence-corrected chi connectivity index (χ0v) is 8.84. The first-order valence-electron chi connectivity index (χ1n) is 5.21. The Morgan fingerprint density at radius 2 is 2.14 bits per heavy atom. The van der Waals surface area contributed by atoms with Crippen LogP contribution >= 0.6 is 0 Å². The van der Waals surface area contributed by atoms with Crippen LogP contribution in [0, 0.1) is 6.92 Å². The smallest absolute Gasteiger partial charge is 0.123 e. The molecule has 0 atom stereocenters. The standard InChI is InChI=1S/C12H17NO/c1-9-6-7-11(8-12(9)14-2)13-10-4-3-5-10/h6-8,10,13H,3-5H2,1-2H3. The molecule has 0 saturated heterocycles. The maximum Gasteiger partial charge on any atom is 0.123 e. The molecule has 2 nitrogen and oxygen atoms in total. The highest BCUT2D eigenvalue weighted by atomic mass is 16.5. The Hall–Kier alpha value is -1.18. The molecule has 1 N–H and O–H groups in total. The first-order valence-corrected chi connectivity index (χ1v) is 5.21. The summed E-state index contributed by atoms with van der Waals surface area (Å²) in [7, 11) is 1.72. The van der Waals surface area contributed by atoms with E-state index >= 15 is 0 Å². The molecule has 1 aliphatic carbocycles. The van der Waals surface area contributed by atoms with Crippen LogP contribution in [0.25, 0.3) is 0 Å². The van der Waals surface area contributed by atoms with E-state index in [9.17, 15) is 0 Å². The van der Waals surface area contributed by atoms with Gasteiger partial charge < -0.3 is 10.1 Å². The maximum atomic E-state index is 5.28. The zero-order chi connectivity index (χ0) is 9.97. The van der Waals surface area contributed by atoms with Gasteiger partial charge >= 0.3 is 0 Å². The lowest BCUT2D eigenvalue weighted by atomic mass is 9.93. The van der Waals surface area contributed by atoms with Crippen molar-refractivity contribution in [1.82, 2.24) is 0 Å². The lowest BCUT2D eigenvalue weighted by Crippen LogP contribution is -2.26. The Kier molecular flexibility index (Phi) is 2.62. The average Bonchev–Trinajstić information content (AvgIpc) is 2.14. The minimum atomic E-state index is 0.683. The summed E-state index contributed by atoms with van der Waals surface area (Å²) in [6.07, 6.45) is 3.97. The Balaban J connectivity index is 2.09. The molecular formula is C12H17NO. The summed E-state index contributed by atoms with van der Waals surface area (Å²) in [4.78, 5) is 0. The van der Waals surface area contributed by atoms with E-state index in [0.717, 1.165) is 5.75 Å². The van der Waals surface area contributed by atoms with Crippen LogP contribution in [0.1, 0.15) is 24.8 Å². The van der Waals surface area contributed by atoms with Gasteiger partial charge in [0.05, 0.1) is 7.11 Å². The normalized spacial score (nSPS) is 16.1. The minimum Gasteiger partial charge on any atom is -0.496 e. The molecule has 0 aromatic heterocycles. The van der Waals surface area contributed by atoms with Crippen LogP contribution in [0.5, 0.6) is 5.75 Å². The van der Waals surface area contributed by atoms with E-state index in [0.29, 0.717) is 6.04 Å². The van der Waals surface area contributed by atoms with Crippen LogP contribution in [0.2, 0.25) is 0 Å². The third-order valence-corrected chi connectivity index (χ3v) is 2.88. The van der Waals surface area contributed by atoms with Gasteiger partial charge in [-0.1, -0.05) is 6.07 Å². The summed E-state index contributed by atoms with van der Waals surface area (Å²) in [5.74, 6) is 0.967. The van der Waals surface area contributed by atoms with Gasteiger partial charge in [-0.3, -0.25) is 0 Å². The topological polar surface area (TPSA) is 21.3 Å². The van der Waals surface area contributed by atoms with Crippen molar-refractivity contribution in [2.45, 2.75) is 32.2 Å². The van der Waals surface area contributed by atoms with Crippen molar-refractivity contribution in [2.75, 3.05) is 12.4 Å². The molecular weight excluding hydrogens is 174 g/mol. The Morgan fingerprint density at radius 3 is 2.71 bits per heavy atom. The molecule has 2 heteroatoms. The molecule has 1 aromatic rings. The Bertz CT molecular complexity index is 318. The molecule has 1 aromatic carbocycles. The highest BCUT2D eigenvalue weighted by Gasteiger charge is 2.16. The van der Waals surface area contributed by atoms with E-state index in [-0.39, 0.29) is 0 Å². The third-order valence-electron chi connectivity index (χ3n) is 2.88. The summed E-state index contributed by atoms with van der Waals surface area (Å²) >= 11 is 0. The molecule has 76 valence electrons. The molecule has 0 aliphatic heterocycles. The fraction of sp³-hybridized carbons (Fsp3) is 0.500. The maximum absolute atomic E-state index is 5.28. The molecule has 0 radical (unpaired) electrons. The van der Waals surface area contributed by atoms with Crippen molar-refractivity contribution < 1.29 is 4.74 Å². The molecule has 0 amide bonds. The predicted octanol–water partition coefficient (Wildman–Crippen LogP) is 2.97. The van der Waals surface area contributed by atoms with Crippen LogP contribution in [0.3, 0.4) is 0 Å². The number of hydrogen-bond donors (Lipinski definition) is 1. The van der Waals surface area contributed by atoms with Gasteiger partial charge in [-0.25, -0.2) is 0 Å². The molecule has 1 aliphatic rings. The van der Waals surface area contributed by atoms with Gasteiger partial charge in [0.25, 0.3) is 0 Å². The molecule has 14 heavy (non-hydrogen) atoms. The Labute approximate surface area is 85.3 Å². The van der Waals surface area contributed by atoms with E-state index in [4.69, 9.17) is 4.74 Å². The predicted molar refractivity (Wildman–Crippen MR) is 59.0 cm³/mol. The van der Waals surface area contributed by atoms with Gasteiger partial charge in [-0.15, -0.1) is 0 Å². The zero-order valence-electron chi connectivity index (χ0n) is 8.84. The van der Waals surface area contributed by atoms with E-state index < -0.39 is 0 Å².